The molecule has 0 spiro atoms. The highest BCUT2D eigenvalue weighted by atomic mass is 32.1. The van der Waals surface area contributed by atoms with E-state index in [9.17, 15) is 22.4 Å². The van der Waals surface area contributed by atoms with Gasteiger partial charge in [0, 0.05) is 24.4 Å². The number of nitrogens with zero attached hydrogens (tertiary/aromatic N) is 4. The van der Waals surface area contributed by atoms with Crippen molar-refractivity contribution in [2.24, 2.45) is 0 Å². The number of aromatic nitrogens is 3. The topological polar surface area (TPSA) is 51.0 Å². The molecule has 168 valence electrons. The molecule has 32 heavy (non-hydrogen) atoms. The Bertz CT molecular complexity index is 1200. The van der Waals surface area contributed by atoms with E-state index in [2.05, 4.69) is 9.97 Å². The molecule has 1 aromatic carbocycles. The van der Waals surface area contributed by atoms with Crippen LogP contribution in [-0.2, 0) is 19.1 Å². The van der Waals surface area contributed by atoms with Crippen LogP contribution in [0.4, 0.5) is 23.5 Å². The number of hydrogen-bond acceptors (Lipinski definition) is 5. The Morgan fingerprint density at radius 3 is 2.44 bits per heavy atom. The molecule has 0 saturated heterocycles. The summed E-state index contributed by atoms with van der Waals surface area (Å²) in [5.74, 6) is 0.486. The molecule has 4 rings (SSSR count). The van der Waals surface area contributed by atoms with E-state index in [1.54, 1.807) is 12.1 Å². The highest BCUT2D eigenvalue weighted by Crippen LogP contribution is 2.34. The van der Waals surface area contributed by atoms with Crippen LogP contribution >= 0.6 is 11.3 Å². The Balaban J connectivity index is 1.54. The molecule has 0 unspecified atom stereocenters. The zero-order valence-electron chi connectivity index (χ0n) is 17.2. The molecule has 0 aliphatic carbocycles. The SMILES string of the molecule is CCc1nc(N2CC=C(c3ccc(F)cc3)CC2)nc(=O)n1Cc1ccc(C(F)(F)F)s1. The van der Waals surface area contributed by atoms with Crippen LogP contribution in [0.1, 0.15) is 34.5 Å². The summed E-state index contributed by atoms with van der Waals surface area (Å²) in [5.41, 5.74) is 1.50. The number of anilines is 1. The Morgan fingerprint density at radius 1 is 1.09 bits per heavy atom. The van der Waals surface area contributed by atoms with Gasteiger partial charge in [-0.2, -0.15) is 23.1 Å². The van der Waals surface area contributed by atoms with Crippen molar-refractivity contribution in [3.05, 3.63) is 79.9 Å². The first-order chi connectivity index (χ1) is 15.2. The zero-order valence-corrected chi connectivity index (χ0v) is 18.0. The Morgan fingerprint density at radius 2 is 1.84 bits per heavy atom. The van der Waals surface area contributed by atoms with Crippen LogP contribution in [0, 0.1) is 5.82 Å². The Hall–Kier alpha value is -3.01. The largest absolute Gasteiger partial charge is 0.425 e. The molecule has 1 aliphatic heterocycles. The molecule has 0 N–H and O–H groups in total. The van der Waals surface area contributed by atoms with E-state index in [1.165, 1.54) is 22.8 Å². The van der Waals surface area contributed by atoms with E-state index in [0.717, 1.165) is 17.2 Å². The van der Waals surface area contributed by atoms with Crippen LogP contribution in [0.15, 0.2) is 47.3 Å². The molecule has 1 aliphatic rings. The van der Waals surface area contributed by atoms with Gasteiger partial charge in [0.15, 0.2) is 0 Å². The first-order valence-electron chi connectivity index (χ1n) is 10.1. The van der Waals surface area contributed by atoms with Crippen molar-refractivity contribution < 1.29 is 17.6 Å². The van der Waals surface area contributed by atoms with E-state index in [4.69, 9.17) is 0 Å². The minimum absolute atomic E-state index is 0.00233. The Labute approximate surface area is 185 Å². The third-order valence-corrected chi connectivity index (χ3v) is 6.36. The van der Waals surface area contributed by atoms with E-state index in [-0.39, 0.29) is 12.4 Å². The predicted molar refractivity (Wildman–Crippen MR) is 115 cm³/mol. The third-order valence-electron chi connectivity index (χ3n) is 5.25. The summed E-state index contributed by atoms with van der Waals surface area (Å²) in [6.45, 7) is 2.92. The molecule has 0 amide bonds. The van der Waals surface area contributed by atoms with Gasteiger partial charge in [-0.25, -0.2) is 9.18 Å². The van der Waals surface area contributed by atoms with Crippen LogP contribution in [-0.4, -0.2) is 27.6 Å². The van der Waals surface area contributed by atoms with Crippen LogP contribution in [0.3, 0.4) is 0 Å². The second kappa shape index (κ2) is 8.85. The quantitative estimate of drug-likeness (QED) is 0.511. The van der Waals surface area contributed by atoms with Gasteiger partial charge in [0.2, 0.25) is 5.95 Å². The van der Waals surface area contributed by atoms with Gasteiger partial charge in [0.25, 0.3) is 0 Å². The summed E-state index contributed by atoms with van der Waals surface area (Å²) in [7, 11) is 0. The van der Waals surface area contributed by atoms with Crippen molar-refractivity contribution >= 4 is 22.9 Å². The standard InChI is InChI=1S/C22H20F4N4OS/c1-2-19-27-20(29-11-9-15(10-12-29)14-3-5-16(23)6-4-14)28-21(31)30(19)13-17-7-8-18(32-17)22(24,25)26/h3-9H,2,10-13H2,1H3. The molecule has 3 heterocycles. The minimum Gasteiger partial charge on any atom is -0.337 e. The maximum atomic E-state index is 13.1. The lowest BCUT2D eigenvalue weighted by Gasteiger charge is -2.27. The Kier molecular flexibility index (Phi) is 6.14. The summed E-state index contributed by atoms with van der Waals surface area (Å²) >= 11 is 0.612. The van der Waals surface area contributed by atoms with Crippen molar-refractivity contribution in [1.82, 2.24) is 14.5 Å². The molecule has 10 heteroatoms. The smallest absolute Gasteiger partial charge is 0.337 e. The van der Waals surface area contributed by atoms with Crippen LogP contribution in [0.5, 0.6) is 0 Å². The van der Waals surface area contributed by atoms with Crippen LogP contribution in [0.25, 0.3) is 5.57 Å². The summed E-state index contributed by atoms with van der Waals surface area (Å²) < 4.78 is 53.1. The van der Waals surface area contributed by atoms with E-state index >= 15 is 0 Å². The predicted octanol–water partition coefficient (Wildman–Crippen LogP) is 4.76. The van der Waals surface area contributed by atoms with Gasteiger partial charge >= 0.3 is 11.9 Å². The number of alkyl halides is 3. The van der Waals surface area contributed by atoms with Crippen LogP contribution in [0.2, 0.25) is 0 Å². The van der Waals surface area contributed by atoms with Crippen LogP contribution < -0.4 is 10.6 Å². The monoisotopic (exact) mass is 464 g/mol. The molecule has 0 atom stereocenters. The van der Waals surface area contributed by atoms with Crippen molar-refractivity contribution in [1.29, 1.82) is 0 Å². The highest BCUT2D eigenvalue weighted by Gasteiger charge is 2.32. The average Bonchev–Trinajstić information content (AvgIpc) is 3.25. The minimum atomic E-state index is -4.41. The number of benzene rings is 1. The number of halogens is 4. The maximum Gasteiger partial charge on any atom is 0.425 e. The molecule has 0 fully saturated rings. The van der Waals surface area contributed by atoms with Crippen molar-refractivity contribution in [2.45, 2.75) is 32.5 Å². The molecule has 3 aromatic rings. The third kappa shape index (κ3) is 4.74. The van der Waals surface area contributed by atoms with Crippen molar-refractivity contribution in [3.8, 4) is 0 Å². The number of thiophene rings is 1. The van der Waals surface area contributed by atoms with E-state index in [1.807, 2.05) is 17.9 Å². The summed E-state index contributed by atoms with van der Waals surface area (Å²) in [6.07, 6.45) is -1.28. The summed E-state index contributed by atoms with van der Waals surface area (Å²) in [4.78, 5) is 22.9. The first-order valence-corrected chi connectivity index (χ1v) is 10.9. The first kappa shape index (κ1) is 22.2. The fourth-order valence-electron chi connectivity index (χ4n) is 3.58. The van der Waals surface area contributed by atoms with E-state index < -0.39 is 16.7 Å². The van der Waals surface area contributed by atoms with Gasteiger partial charge in [-0.15, -0.1) is 11.3 Å². The molecule has 0 saturated carbocycles. The molecule has 2 aromatic heterocycles. The number of rotatable bonds is 5. The normalized spacial score (nSPS) is 14.5. The fraction of sp³-hybridized carbons (Fsp3) is 0.318. The number of hydrogen-bond donors (Lipinski definition) is 0. The lowest BCUT2D eigenvalue weighted by molar-refractivity contribution is -0.134. The van der Waals surface area contributed by atoms with Gasteiger partial charge < -0.3 is 4.90 Å². The second-order valence-electron chi connectivity index (χ2n) is 7.36. The molecule has 0 radical (unpaired) electrons. The molecule has 5 nitrogen and oxygen atoms in total. The lowest BCUT2D eigenvalue weighted by Crippen LogP contribution is -2.35. The van der Waals surface area contributed by atoms with Gasteiger partial charge in [-0.1, -0.05) is 25.1 Å². The molecular weight excluding hydrogens is 444 g/mol. The molecule has 0 bridgehead atoms. The lowest BCUT2D eigenvalue weighted by atomic mass is 10.00. The van der Waals surface area contributed by atoms with Gasteiger partial charge in [-0.3, -0.25) is 4.57 Å². The summed E-state index contributed by atoms with van der Waals surface area (Å²) in [5, 5.41) is 0. The zero-order chi connectivity index (χ0) is 22.9. The molecular formula is C22H20F4N4OS. The van der Waals surface area contributed by atoms with Gasteiger partial charge in [0.05, 0.1) is 6.54 Å². The highest BCUT2D eigenvalue weighted by molar-refractivity contribution is 7.12. The van der Waals surface area contributed by atoms with Crippen molar-refractivity contribution in [3.63, 3.8) is 0 Å². The second-order valence-corrected chi connectivity index (χ2v) is 8.53. The maximum absolute atomic E-state index is 13.1. The fourth-order valence-corrected chi connectivity index (χ4v) is 4.44. The average molecular weight is 464 g/mol. The van der Waals surface area contributed by atoms with Gasteiger partial charge in [0.1, 0.15) is 16.5 Å². The van der Waals surface area contributed by atoms with E-state index in [0.29, 0.717) is 53.9 Å². The summed E-state index contributed by atoms with van der Waals surface area (Å²) in [6, 6.07) is 8.70. The van der Waals surface area contributed by atoms with Crippen molar-refractivity contribution in [2.75, 3.05) is 18.0 Å². The number of aryl methyl sites for hydroxylation is 1. The van der Waals surface area contributed by atoms with Gasteiger partial charge in [-0.05, 0) is 41.8 Å².